The highest BCUT2D eigenvalue weighted by molar-refractivity contribution is 5.92. The van der Waals surface area contributed by atoms with Gasteiger partial charge in [0.15, 0.2) is 0 Å². The average Bonchev–Trinajstić information content (AvgIpc) is 2.30. The molecule has 1 aromatic rings. The topological polar surface area (TPSA) is 89.4 Å². The van der Waals surface area contributed by atoms with Crippen molar-refractivity contribution in [1.82, 2.24) is 5.01 Å². The van der Waals surface area contributed by atoms with Gasteiger partial charge >= 0.3 is 0 Å². The molecule has 0 fully saturated rings. The van der Waals surface area contributed by atoms with E-state index in [1.54, 1.807) is 24.3 Å². The summed E-state index contributed by atoms with van der Waals surface area (Å²) >= 11 is 0. The fourth-order valence-corrected chi connectivity index (χ4v) is 1.43. The van der Waals surface area contributed by atoms with Crippen LogP contribution in [0.4, 0.5) is 0 Å². The molecule has 5 nitrogen and oxygen atoms in total. The number of rotatable bonds is 5. The van der Waals surface area contributed by atoms with Crippen LogP contribution in [0.25, 0.3) is 0 Å². The van der Waals surface area contributed by atoms with E-state index in [1.165, 1.54) is 5.01 Å². The molecule has 4 N–H and O–H groups in total. The van der Waals surface area contributed by atoms with Crippen LogP contribution in [-0.4, -0.2) is 23.4 Å². The summed E-state index contributed by atoms with van der Waals surface area (Å²) in [5, 5.41) is 1.21. The molecule has 0 saturated carbocycles. The summed E-state index contributed by atoms with van der Waals surface area (Å²) in [6, 6.07) is 6.62. The van der Waals surface area contributed by atoms with E-state index in [0.717, 1.165) is 12.0 Å². The smallest absolute Gasteiger partial charge is 0.248 e. The third kappa shape index (κ3) is 3.88. The molecular formula is C12H17N3O2. The standard InChI is InChI=1S/C12H17N3O2/c1-2-7-15(14)11(16)8-9-3-5-10(6-4-9)12(13)17/h3-6H,2,7-8,14H2,1H3,(H2,13,17). The van der Waals surface area contributed by atoms with Crippen molar-refractivity contribution in [2.24, 2.45) is 11.6 Å². The molecule has 0 spiro atoms. The van der Waals surface area contributed by atoms with E-state index in [-0.39, 0.29) is 12.3 Å². The van der Waals surface area contributed by atoms with Crippen molar-refractivity contribution in [3.8, 4) is 0 Å². The van der Waals surface area contributed by atoms with Gasteiger partial charge in [0.1, 0.15) is 0 Å². The molecule has 0 saturated heterocycles. The van der Waals surface area contributed by atoms with Crippen molar-refractivity contribution in [3.63, 3.8) is 0 Å². The molecule has 1 rings (SSSR count). The van der Waals surface area contributed by atoms with E-state index in [1.807, 2.05) is 6.92 Å². The minimum atomic E-state index is -0.477. The summed E-state index contributed by atoms with van der Waals surface area (Å²) in [6.45, 7) is 2.49. The maximum atomic E-state index is 11.6. The van der Waals surface area contributed by atoms with Crippen LogP contribution in [0, 0.1) is 0 Å². The summed E-state index contributed by atoms with van der Waals surface area (Å²) in [7, 11) is 0. The van der Waals surface area contributed by atoms with Crippen molar-refractivity contribution in [3.05, 3.63) is 35.4 Å². The third-order valence-corrected chi connectivity index (χ3v) is 2.38. The van der Waals surface area contributed by atoms with Crippen LogP contribution in [0.2, 0.25) is 0 Å². The van der Waals surface area contributed by atoms with Crippen LogP contribution < -0.4 is 11.6 Å². The Morgan fingerprint density at radius 1 is 1.24 bits per heavy atom. The molecule has 5 heteroatoms. The number of primary amides is 1. The molecule has 1 aromatic carbocycles. The first-order valence-corrected chi connectivity index (χ1v) is 5.48. The molecular weight excluding hydrogens is 218 g/mol. The minimum absolute atomic E-state index is 0.140. The first-order chi connectivity index (χ1) is 8.04. The molecule has 0 atom stereocenters. The Hall–Kier alpha value is -1.88. The lowest BCUT2D eigenvalue weighted by molar-refractivity contribution is -0.130. The van der Waals surface area contributed by atoms with E-state index in [2.05, 4.69) is 0 Å². The van der Waals surface area contributed by atoms with Crippen LogP contribution in [0.3, 0.4) is 0 Å². The highest BCUT2D eigenvalue weighted by Crippen LogP contribution is 2.05. The summed E-state index contributed by atoms with van der Waals surface area (Å²) in [6.07, 6.45) is 1.05. The molecule has 0 aromatic heterocycles. The Morgan fingerprint density at radius 3 is 2.29 bits per heavy atom. The average molecular weight is 235 g/mol. The maximum Gasteiger partial charge on any atom is 0.248 e. The van der Waals surface area contributed by atoms with Crippen LogP contribution in [0.1, 0.15) is 29.3 Å². The number of benzene rings is 1. The largest absolute Gasteiger partial charge is 0.366 e. The Labute approximate surface area is 100 Å². The van der Waals surface area contributed by atoms with Crippen molar-refractivity contribution in [2.45, 2.75) is 19.8 Å². The van der Waals surface area contributed by atoms with Gasteiger partial charge in [-0.1, -0.05) is 19.1 Å². The second-order valence-corrected chi connectivity index (χ2v) is 3.83. The van der Waals surface area contributed by atoms with E-state index in [0.29, 0.717) is 12.1 Å². The van der Waals surface area contributed by atoms with E-state index >= 15 is 0 Å². The Morgan fingerprint density at radius 2 is 1.82 bits per heavy atom. The number of hydrogen-bond donors (Lipinski definition) is 2. The molecule has 0 heterocycles. The number of hydrazine groups is 1. The van der Waals surface area contributed by atoms with E-state index in [4.69, 9.17) is 11.6 Å². The molecule has 0 aliphatic carbocycles. The second kappa shape index (κ2) is 6.00. The zero-order valence-corrected chi connectivity index (χ0v) is 9.85. The number of amides is 2. The maximum absolute atomic E-state index is 11.6. The predicted octanol–water partition coefficient (Wildman–Crippen LogP) is 0.440. The van der Waals surface area contributed by atoms with Gasteiger partial charge in [0.05, 0.1) is 6.42 Å². The van der Waals surface area contributed by atoms with Gasteiger partial charge in [0, 0.05) is 12.1 Å². The molecule has 92 valence electrons. The molecule has 2 amide bonds. The Balaban J connectivity index is 2.63. The van der Waals surface area contributed by atoms with Crippen molar-refractivity contribution < 1.29 is 9.59 Å². The van der Waals surface area contributed by atoms with Crippen molar-refractivity contribution in [2.75, 3.05) is 6.54 Å². The number of nitrogens with zero attached hydrogens (tertiary/aromatic N) is 1. The molecule has 0 aliphatic rings. The third-order valence-electron chi connectivity index (χ3n) is 2.38. The van der Waals surface area contributed by atoms with Gasteiger partial charge in [-0.3, -0.25) is 14.6 Å². The first kappa shape index (κ1) is 13.2. The van der Waals surface area contributed by atoms with Crippen LogP contribution in [0.5, 0.6) is 0 Å². The zero-order chi connectivity index (χ0) is 12.8. The second-order valence-electron chi connectivity index (χ2n) is 3.83. The molecule has 17 heavy (non-hydrogen) atoms. The van der Waals surface area contributed by atoms with Gasteiger partial charge in [0.2, 0.25) is 11.8 Å². The number of hydrogen-bond acceptors (Lipinski definition) is 3. The van der Waals surface area contributed by atoms with E-state index in [9.17, 15) is 9.59 Å². The highest BCUT2D eigenvalue weighted by Gasteiger charge is 2.09. The predicted molar refractivity (Wildman–Crippen MR) is 64.9 cm³/mol. The van der Waals surface area contributed by atoms with Gasteiger partial charge in [-0.05, 0) is 24.1 Å². The fraction of sp³-hybridized carbons (Fsp3) is 0.333. The molecule has 0 radical (unpaired) electrons. The number of carbonyl (C=O) groups is 2. The SMILES string of the molecule is CCCN(N)C(=O)Cc1ccc(C(N)=O)cc1. The molecule has 0 unspecified atom stereocenters. The summed E-state index contributed by atoms with van der Waals surface area (Å²) < 4.78 is 0. The summed E-state index contributed by atoms with van der Waals surface area (Å²) in [5.74, 6) is 4.95. The minimum Gasteiger partial charge on any atom is -0.366 e. The van der Waals surface area contributed by atoms with Gasteiger partial charge in [-0.2, -0.15) is 0 Å². The van der Waals surface area contributed by atoms with Crippen molar-refractivity contribution in [1.29, 1.82) is 0 Å². The summed E-state index contributed by atoms with van der Waals surface area (Å²) in [4.78, 5) is 22.5. The van der Waals surface area contributed by atoms with Crippen LogP contribution >= 0.6 is 0 Å². The monoisotopic (exact) mass is 235 g/mol. The zero-order valence-electron chi connectivity index (χ0n) is 9.85. The van der Waals surface area contributed by atoms with Gasteiger partial charge in [0.25, 0.3) is 0 Å². The molecule has 0 aliphatic heterocycles. The Bertz CT molecular complexity index is 401. The number of nitrogens with two attached hydrogens (primary N) is 2. The van der Waals surface area contributed by atoms with Gasteiger partial charge in [-0.25, -0.2) is 5.84 Å². The van der Waals surface area contributed by atoms with E-state index < -0.39 is 5.91 Å². The lowest BCUT2D eigenvalue weighted by Crippen LogP contribution is -2.38. The van der Waals surface area contributed by atoms with Crippen LogP contribution in [0.15, 0.2) is 24.3 Å². The van der Waals surface area contributed by atoms with Crippen molar-refractivity contribution >= 4 is 11.8 Å². The normalized spacial score (nSPS) is 10.0. The fourth-order valence-electron chi connectivity index (χ4n) is 1.43. The Kier molecular flexibility index (Phi) is 4.66. The lowest BCUT2D eigenvalue weighted by Gasteiger charge is -2.15. The first-order valence-electron chi connectivity index (χ1n) is 5.48. The van der Waals surface area contributed by atoms with Gasteiger partial charge in [-0.15, -0.1) is 0 Å². The van der Waals surface area contributed by atoms with Gasteiger partial charge < -0.3 is 5.73 Å². The highest BCUT2D eigenvalue weighted by atomic mass is 16.2. The number of carbonyl (C=O) groups excluding carboxylic acids is 2. The summed E-state index contributed by atoms with van der Waals surface area (Å²) in [5.41, 5.74) is 6.36. The molecule has 0 bridgehead atoms. The lowest BCUT2D eigenvalue weighted by atomic mass is 10.1. The van der Waals surface area contributed by atoms with Crippen LogP contribution in [-0.2, 0) is 11.2 Å². The quantitative estimate of drug-likeness (QED) is 0.441.